The Bertz CT molecular complexity index is 733. The zero-order chi connectivity index (χ0) is 24.7. The normalized spacial score (nSPS) is 23.5. The van der Waals surface area contributed by atoms with Crippen LogP contribution in [0.2, 0.25) is 0 Å². The third-order valence-electron chi connectivity index (χ3n) is 5.13. The summed E-state index contributed by atoms with van der Waals surface area (Å²) in [4.78, 5) is 50.7. The fourth-order valence-electron chi connectivity index (χ4n) is 3.84. The van der Waals surface area contributed by atoms with Gasteiger partial charge in [0, 0.05) is 28.7 Å². The van der Waals surface area contributed by atoms with Gasteiger partial charge in [-0.2, -0.15) is 0 Å². The van der Waals surface area contributed by atoms with Crippen LogP contribution in [0.15, 0.2) is 0 Å². The van der Waals surface area contributed by atoms with Crippen molar-refractivity contribution in [2.24, 2.45) is 11.3 Å². The largest absolute Gasteiger partial charge is 0.277 e. The molecule has 7 heteroatoms. The van der Waals surface area contributed by atoms with Gasteiger partial charge in [-0.15, -0.1) is 11.8 Å². The molecule has 178 valence electrons. The van der Waals surface area contributed by atoms with Crippen molar-refractivity contribution in [2.45, 2.75) is 117 Å². The number of carbonyl (C=O) groups is 4. The molecule has 2 saturated heterocycles. The van der Waals surface area contributed by atoms with Crippen molar-refractivity contribution in [2.75, 3.05) is 0 Å². The molecule has 0 bridgehead atoms. The quantitative estimate of drug-likeness (QED) is 0.539. The summed E-state index contributed by atoms with van der Waals surface area (Å²) in [5.41, 5.74) is -0.928. The van der Waals surface area contributed by atoms with Gasteiger partial charge in [-0.25, -0.2) is 0 Å². The molecule has 6 nitrogen and oxygen atoms in total. The molecule has 0 aromatic heterocycles. The molecule has 0 spiro atoms. The van der Waals surface area contributed by atoms with Crippen LogP contribution in [0.25, 0.3) is 0 Å². The van der Waals surface area contributed by atoms with E-state index in [-0.39, 0.29) is 45.0 Å². The Labute approximate surface area is 192 Å². The van der Waals surface area contributed by atoms with Gasteiger partial charge in [-0.3, -0.25) is 29.0 Å². The van der Waals surface area contributed by atoms with Crippen molar-refractivity contribution >= 4 is 35.4 Å². The lowest BCUT2D eigenvalue weighted by molar-refractivity contribution is -0.146. The van der Waals surface area contributed by atoms with Crippen LogP contribution in [0.1, 0.15) is 95.9 Å². The Morgan fingerprint density at radius 2 is 1.03 bits per heavy atom. The van der Waals surface area contributed by atoms with Gasteiger partial charge in [0.25, 0.3) is 0 Å². The Balaban J connectivity index is 0.000000311. The third kappa shape index (κ3) is 7.06. The highest BCUT2D eigenvalue weighted by Gasteiger charge is 2.48. The highest BCUT2D eigenvalue weighted by atomic mass is 32.2. The molecular formula is C24H42N2O4S. The molecule has 4 amide bonds. The van der Waals surface area contributed by atoms with Crippen LogP contribution >= 0.6 is 11.8 Å². The van der Waals surface area contributed by atoms with Crippen LogP contribution in [0.3, 0.4) is 0 Å². The molecule has 2 atom stereocenters. The lowest BCUT2D eigenvalue weighted by atomic mass is 9.80. The molecule has 0 aromatic carbocycles. The summed E-state index contributed by atoms with van der Waals surface area (Å²) in [6.07, 6.45) is 0.706. The number of amides is 4. The molecule has 2 unspecified atom stereocenters. The minimum absolute atomic E-state index is 0.00843. The second kappa shape index (κ2) is 8.87. The maximum absolute atomic E-state index is 12.1. The number of rotatable bonds is 1. The summed E-state index contributed by atoms with van der Waals surface area (Å²) in [6, 6.07) is 0. The fourth-order valence-corrected chi connectivity index (χ4v) is 5.13. The van der Waals surface area contributed by atoms with E-state index in [2.05, 4.69) is 20.8 Å². The van der Waals surface area contributed by atoms with E-state index < -0.39 is 11.1 Å². The summed E-state index contributed by atoms with van der Waals surface area (Å²) in [6.45, 7) is 23.6. The Morgan fingerprint density at radius 3 is 1.29 bits per heavy atom. The summed E-state index contributed by atoms with van der Waals surface area (Å²) in [5, 5.41) is -0.202. The van der Waals surface area contributed by atoms with E-state index in [4.69, 9.17) is 0 Å². The van der Waals surface area contributed by atoms with Gasteiger partial charge in [0.2, 0.25) is 23.6 Å². The van der Waals surface area contributed by atoms with Crippen molar-refractivity contribution in [1.29, 1.82) is 0 Å². The van der Waals surface area contributed by atoms with E-state index in [0.717, 1.165) is 0 Å². The van der Waals surface area contributed by atoms with Crippen LogP contribution in [0.4, 0.5) is 0 Å². The predicted octanol–water partition coefficient (Wildman–Crippen LogP) is 4.65. The molecule has 2 rings (SSSR count). The van der Waals surface area contributed by atoms with Crippen molar-refractivity contribution in [1.82, 2.24) is 9.80 Å². The van der Waals surface area contributed by atoms with Crippen molar-refractivity contribution in [3.05, 3.63) is 0 Å². The Hall–Kier alpha value is -1.37. The summed E-state index contributed by atoms with van der Waals surface area (Å²) >= 11 is 1.58. The van der Waals surface area contributed by atoms with Gasteiger partial charge in [0.1, 0.15) is 0 Å². The zero-order valence-electron chi connectivity index (χ0n) is 21.5. The summed E-state index contributed by atoms with van der Waals surface area (Å²) < 4.78 is 0.00843. The monoisotopic (exact) mass is 454 g/mol. The Kier molecular flexibility index (Phi) is 7.92. The van der Waals surface area contributed by atoms with Gasteiger partial charge in [0.05, 0.1) is 11.2 Å². The average molecular weight is 455 g/mol. The SMILES string of the molecule is CC(C)(C)C1CC(=O)N(C(C)(C)C)C1=O.CC(C)(C)SC1CC(=O)N(C(C)(C)C)C1=O. The Morgan fingerprint density at radius 1 is 0.645 bits per heavy atom. The summed E-state index contributed by atoms with van der Waals surface area (Å²) in [5.74, 6) is -0.284. The maximum Gasteiger partial charge on any atom is 0.243 e. The molecule has 2 aliphatic heterocycles. The van der Waals surface area contributed by atoms with Crippen LogP contribution in [0, 0.1) is 11.3 Å². The molecule has 31 heavy (non-hydrogen) atoms. The number of hydrogen-bond donors (Lipinski definition) is 0. The number of hydrogen-bond acceptors (Lipinski definition) is 5. The first-order valence-corrected chi connectivity index (χ1v) is 11.9. The van der Waals surface area contributed by atoms with Crippen LogP contribution in [0.5, 0.6) is 0 Å². The first kappa shape index (κ1) is 27.7. The van der Waals surface area contributed by atoms with Crippen molar-refractivity contribution in [3.63, 3.8) is 0 Å². The van der Waals surface area contributed by atoms with Gasteiger partial charge in [-0.05, 0) is 47.0 Å². The molecule has 0 N–H and O–H groups in total. The number of thioether (sulfide) groups is 1. The highest BCUT2D eigenvalue weighted by Crippen LogP contribution is 2.38. The number of imide groups is 2. The molecule has 0 aliphatic carbocycles. The van der Waals surface area contributed by atoms with E-state index in [0.29, 0.717) is 12.8 Å². The second-order valence-corrected chi connectivity index (χ2v) is 14.6. The fraction of sp³-hybridized carbons (Fsp3) is 0.833. The molecule has 0 aromatic rings. The standard InChI is InChI=1S/C12H21NO2S.C12H21NO2/c1-11(2,3)13-9(14)7-8(10(13)15)16-12(4,5)6;1-11(2,3)8-7-9(14)13(10(8)15)12(4,5)6/h8H,7H2,1-6H3;8H,7H2,1-6H3. The molecule has 0 saturated carbocycles. The first-order valence-electron chi connectivity index (χ1n) is 11.0. The molecule has 0 radical (unpaired) electrons. The zero-order valence-corrected chi connectivity index (χ0v) is 22.3. The molecule has 2 aliphatic rings. The topological polar surface area (TPSA) is 74.8 Å². The van der Waals surface area contributed by atoms with Crippen molar-refractivity contribution in [3.8, 4) is 0 Å². The first-order chi connectivity index (χ1) is 13.6. The third-order valence-corrected chi connectivity index (χ3v) is 6.49. The average Bonchev–Trinajstić information content (AvgIpc) is 2.92. The predicted molar refractivity (Wildman–Crippen MR) is 127 cm³/mol. The number of likely N-dealkylation sites (tertiary alicyclic amines) is 2. The minimum atomic E-state index is -0.401. The smallest absolute Gasteiger partial charge is 0.243 e. The molecular weight excluding hydrogens is 412 g/mol. The van der Waals surface area contributed by atoms with Crippen LogP contribution in [-0.4, -0.2) is 54.5 Å². The van der Waals surface area contributed by atoms with Gasteiger partial charge < -0.3 is 0 Å². The maximum atomic E-state index is 12.1. The summed E-state index contributed by atoms with van der Waals surface area (Å²) in [7, 11) is 0. The van der Waals surface area contributed by atoms with E-state index >= 15 is 0 Å². The van der Waals surface area contributed by atoms with Crippen molar-refractivity contribution < 1.29 is 19.2 Å². The second-order valence-electron chi connectivity index (χ2n) is 12.5. The van der Waals surface area contributed by atoms with Gasteiger partial charge >= 0.3 is 0 Å². The van der Waals surface area contributed by atoms with E-state index in [9.17, 15) is 19.2 Å². The van der Waals surface area contributed by atoms with E-state index in [1.165, 1.54) is 9.80 Å². The van der Waals surface area contributed by atoms with E-state index in [1.807, 2.05) is 62.3 Å². The van der Waals surface area contributed by atoms with E-state index in [1.54, 1.807) is 11.8 Å². The highest BCUT2D eigenvalue weighted by molar-refractivity contribution is 8.01. The van der Waals surface area contributed by atoms with Crippen LogP contribution < -0.4 is 0 Å². The lowest BCUT2D eigenvalue weighted by Crippen LogP contribution is -2.46. The number of carbonyl (C=O) groups excluding carboxylic acids is 4. The van der Waals surface area contributed by atoms with Gasteiger partial charge in [-0.1, -0.05) is 41.5 Å². The lowest BCUT2D eigenvalue weighted by Gasteiger charge is -2.32. The van der Waals surface area contributed by atoms with Gasteiger partial charge in [0.15, 0.2) is 0 Å². The molecule has 2 heterocycles. The minimum Gasteiger partial charge on any atom is -0.277 e. The molecule has 2 fully saturated rings. The number of nitrogens with zero attached hydrogens (tertiary/aromatic N) is 2. The van der Waals surface area contributed by atoms with Crippen LogP contribution in [-0.2, 0) is 19.2 Å².